The summed E-state index contributed by atoms with van der Waals surface area (Å²) in [5, 5.41) is 2.83. The summed E-state index contributed by atoms with van der Waals surface area (Å²) >= 11 is 0. The molecule has 1 aromatic rings. The number of nitrogens with zero attached hydrogens (tertiary/aromatic N) is 1. The number of hydrogen-bond acceptors (Lipinski definition) is 5. The average Bonchev–Trinajstić information content (AvgIpc) is 3.43. The van der Waals surface area contributed by atoms with Gasteiger partial charge in [0.15, 0.2) is 11.5 Å². The van der Waals surface area contributed by atoms with Gasteiger partial charge in [-0.25, -0.2) is 0 Å². The van der Waals surface area contributed by atoms with Crippen molar-refractivity contribution in [3.63, 3.8) is 0 Å². The maximum Gasteiger partial charge on any atom is 0.240 e. The van der Waals surface area contributed by atoms with Gasteiger partial charge in [-0.05, 0) is 26.7 Å². The molecule has 1 fully saturated rings. The van der Waals surface area contributed by atoms with E-state index in [4.69, 9.17) is 14.2 Å². The predicted molar refractivity (Wildman–Crippen MR) is 94.3 cm³/mol. The summed E-state index contributed by atoms with van der Waals surface area (Å²) < 4.78 is 15.9. The SMILES string of the molecule is CCN(CC)C(=O)C1(C(=O)Nc2cc(OC)c(OC)c(OC)c2)CC1. The van der Waals surface area contributed by atoms with Crippen LogP contribution in [0.15, 0.2) is 12.1 Å². The average molecular weight is 350 g/mol. The van der Waals surface area contributed by atoms with E-state index in [0.29, 0.717) is 48.9 Å². The van der Waals surface area contributed by atoms with Gasteiger partial charge in [-0.15, -0.1) is 0 Å². The summed E-state index contributed by atoms with van der Waals surface area (Å²) in [6.45, 7) is 5.01. The van der Waals surface area contributed by atoms with Gasteiger partial charge in [0.2, 0.25) is 17.6 Å². The zero-order valence-electron chi connectivity index (χ0n) is 15.5. The highest BCUT2D eigenvalue weighted by molar-refractivity contribution is 6.13. The van der Waals surface area contributed by atoms with E-state index in [9.17, 15) is 9.59 Å². The molecule has 1 aliphatic rings. The molecule has 25 heavy (non-hydrogen) atoms. The molecule has 0 radical (unpaired) electrons. The molecule has 0 atom stereocenters. The van der Waals surface area contributed by atoms with E-state index in [1.54, 1.807) is 17.0 Å². The lowest BCUT2D eigenvalue weighted by molar-refractivity contribution is -0.141. The van der Waals surface area contributed by atoms with Gasteiger partial charge in [-0.2, -0.15) is 0 Å². The second-order valence-electron chi connectivity index (χ2n) is 5.93. The summed E-state index contributed by atoms with van der Waals surface area (Å²) in [5.41, 5.74) is -0.454. The number of carbonyl (C=O) groups excluding carboxylic acids is 2. The van der Waals surface area contributed by atoms with Gasteiger partial charge < -0.3 is 24.4 Å². The molecule has 0 unspecified atom stereocenters. The molecular formula is C18H26N2O5. The first-order valence-corrected chi connectivity index (χ1v) is 8.38. The summed E-state index contributed by atoms with van der Waals surface area (Å²) in [4.78, 5) is 27.1. The highest BCUT2D eigenvalue weighted by Crippen LogP contribution is 2.49. The van der Waals surface area contributed by atoms with Crippen molar-refractivity contribution in [2.45, 2.75) is 26.7 Å². The van der Waals surface area contributed by atoms with Crippen molar-refractivity contribution in [3.05, 3.63) is 12.1 Å². The summed E-state index contributed by atoms with van der Waals surface area (Å²) in [6.07, 6.45) is 1.14. The quantitative estimate of drug-likeness (QED) is 0.728. The largest absolute Gasteiger partial charge is 0.493 e. The normalized spacial score (nSPS) is 14.4. The van der Waals surface area contributed by atoms with Crippen molar-refractivity contribution in [1.82, 2.24) is 4.90 Å². The minimum Gasteiger partial charge on any atom is -0.493 e. The number of anilines is 1. The fraction of sp³-hybridized carbons (Fsp3) is 0.556. The Labute approximate surface area is 148 Å². The van der Waals surface area contributed by atoms with Crippen LogP contribution in [0.1, 0.15) is 26.7 Å². The third kappa shape index (κ3) is 3.50. The van der Waals surface area contributed by atoms with Crippen LogP contribution in [0.4, 0.5) is 5.69 Å². The molecule has 0 aliphatic heterocycles. The number of amides is 2. The third-order valence-electron chi connectivity index (χ3n) is 4.57. The van der Waals surface area contributed by atoms with E-state index < -0.39 is 5.41 Å². The first kappa shape index (κ1) is 18.9. The van der Waals surface area contributed by atoms with Crippen molar-refractivity contribution < 1.29 is 23.8 Å². The molecule has 1 aromatic carbocycles. The Balaban J connectivity index is 2.25. The van der Waals surface area contributed by atoms with Crippen molar-refractivity contribution >= 4 is 17.5 Å². The zero-order chi connectivity index (χ0) is 18.6. The minimum absolute atomic E-state index is 0.109. The van der Waals surface area contributed by atoms with Gasteiger partial charge in [0.1, 0.15) is 5.41 Å². The Morgan fingerprint density at radius 1 is 1.04 bits per heavy atom. The molecule has 0 saturated heterocycles. The smallest absolute Gasteiger partial charge is 0.240 e. The second kappa shape index (κ2) is 7.63. The Hall–Kier alpha value is -2.44. The number of ether oxygens (including phenoxy) is 3. The molecule has 7 nitrogen and oxygen atoms in total. The molecule has 1 aliphatic carbocycles. The predicted octanol–water partition coefficient (Wildman–Crippen LogP) is 2.30. The Kier molecular flexibility index (Phi) is 5.77. The lowest BCUT2D eigenvalue weighted by atomic mass is 10.0. The van der Waals surface area contributed by atoms with Crippen LogP contribution >= 0.6 is 0 Å². The number of methoxy groups -OCH3 is 3. The Bertz CT molecular complexity index is 626. The van der Waals surface area contributed by atoms with E-state index in [1.807, 2.05) is 13.8 Å². The minimum atomic E-state index is -0.952. The van der Waals surface area contributed by atoms with Gasteiger partial charge in [-0.1, -0.05) is 0 Å². The number of hydrogen-bond donors (Lipinski definition) is 1. The second-order valence-corrected chi connectivity index (χ2v) is 5.93. The standard InChI is InChI=1S/C18H26N2O5/c1-6-20(7-2)17(22)18(8-9-18)16(21)19-12-10-13(23-3)15(25-5)14(11-12)24-4/h10-11H,6-9H2,1-5H3,(H,19,21). The number of benzene rings is 1. The maximum atomic E-state index is 12.8. The molecule has 1 N–H and O–H groups in total. The molecule has 0 spiro atoms. The van der Waals surface area contributed by atoms with Gasteiger partial charge in [-0.3, -0.25) is 9.59 Å². The van der Waals surface area contributed by atoms with Gasteiger partial charge in [0, 0.05) is 30.9 Å². The van der Waals surface area contributed by atoms with E-state index in [2.05, 4.69) is 5.32 Å². The molecule has 1 saturated carbocycles. The highest BCUT2D eigenvalue weighted by Gasteiger charge is 2.57. The van der Waals surface area contributed by atoms with E-state index in [1.165, 1.54) is 21.3 Å². The van der Waals surface area contributed by atoms with Crippen LogP contribution in [0.2, 0.25) is 0 Å². The molecule has 0 aromatic heterocycles. The molecule has 2 rings (SSSR count). The van der Waals surface area contributed by atoms with Crippen LogP contribution in [0, 0.1) is 5.41 Å². The van der Waals surface area contributed by atoms with Crippen LogP contribution in [0.5, 0.6) is 17.2 Å². The monoisotopic (exact) mass is 350 g/mol. The number of nitrogens with one attached hydrogen (secondary N) is 1. The summed E-state index contributed by atoms with van der Waals surface area (Å²) in [7, 11) is 4.53. The molecule has 2 amide bonds. The number of rotatable bonds is 8. The topological polar surface area (TPSA) is 77.1 Å². The third-order valence-corrected chi connectivity index (χ3v) is 4.57. The van der Waals surface area contributed by atoms with Crippen molar-refractivity contribution in [2.75, 3.05) is 39.7 Å². The van der Waals surface area contributed by atoms with Crippen LogP contribution < -0.4 is 19.5 Å². The Morgan fingerprint density at radius 2 is 1.56 bits per heavy atom. The van der Waals surface area contributed by atoms with Crippen molar-refractivity contribution in [2.24, 2.45) is 5.41 Å². The Morgan fingerprint density at radius 3 is 1.92 bits per heavy atom. The van der Waals surface area contributed by atoms with Gasteiger partial charge >= 0.3 is 0 Å². The summed E-state index contributed by atoms with van der Waals surface area (Å²) in [5.74, 6) is 0.929. The van der Waals surface area contributed by atoms with E-state index in [-0.39, 0.29) is 11.8 Å². The van der Waals surface area contributed by atoms with Gasteiger partial charge in [0.25, 0.3) is 0 Å². The zero-order valence-corrected chi connectivity index (χ0v) is 15.5. The first-order valence-electron chi connectivity index (χ1n) is 8.38. The van der Waals surface area contributed by atoms with Crippen LogP contribution in [-0.4, -0.2) is 51.1 Å². The van der Waals surface area contributed by atoms with E-state index in [0.717, 1.165) is 0 Å². The van der Waals surface area contributed by atoms with Gasteiger partial charge in [0.05, 0.1) is 21.3 Å². The number of carbonyl (C=O) groups is 2. The lowest BCUT2D eigenvalue weighted by Crippen LogP contribution is -2.42. The van der Waals surface area contributed by atoms with Crippen molar-refractivity contribution in [1.29, 1.82) is 0 Å². The molecular weight excluding hydrogens is 324 g/mol. The first-order chi connectivity index (χ1) is 12.0. The lowest BCUT2D eigenvalue weighted by Gasteiger charge is -2.24. The molecule has 0 heterocycles. The fourth-order valence-corrected chi connectivity index (χ4v) is 2.88. The van der Waals surface area contributed by atoms with Crippen LogP contribution in [0.25, 0.3) is 0 Å². The molecule has 0 bridgehead atoms. The fourth-order valence-electron chi connectivity index (χ4n) is 2.88. The summed E-state index contributed by atoms with van der Waals surface area (Å²) in [6, 6.07) is 3.30. The van der Waals surface area contributed by atoms with Crippen molar-refractivity contribution in [3.8, 4) is 17.2 Å². The molecule has 7 heteroatoms. The van der Waals surface area contributed by atoms with Crippen LogP contribution in [0.3, 0.4) is 0 Å². The highest BCUT2D eigenvalue weighted by atomic mass is 16.5. The van der Waals surface area contributed by atoms with Crippen LogP contribution in [-0.2, 0) is 9.59 Å². The maximum absolute atomic E-state index is 12.8. The molecule has 138 valence electrons. The van der Waals surface area contributed by atoms with E-state index >= 15 is 0 Å².